The van der Waals surface area contributed by atoms with Crippen molar-refractivity contribution in [2.75, 3.05) is 31.1 Å². The highest BCUT2D eigenvalue weighted by atomic mass is 32.1. The normalized spacial score (nSPS) is 14.4. The molecule has 0 aromatic carbocycles. The van der Waals surface area contributed by atoms with Crippen LogP contribution in [-0.2, 0) is 11.3 Å². The molecule has 0 atom stereocenters. The van der Waals surface area contributed by atoms with Crippen LogP contribution in [0.2, 0.25) is 0 Å². The third kappa shape index (κ3) is 3.71. The zero-order valence-corrected chi connectivity index (χ0v) is 19.8. The van der Waals surface area contributed by atoms with E-state index in [0.29, 0.717) is 36.4 Å². The minimum Gasteiger partial charge on any atom is -0.344 e. The van der Waals surface area contributed by atoms with Gasteiger partial charge in [-0.1, -0.05) is 17.4 Å². The lowest BCUT2D eigenvalue weighted by atomic mass is 10.2. The van der Waals surface area contributed by atoms with Crippen molar-refractivity contribution in [1.82, 2.24) is 24.4 Å². The van der Waals surface area contributed by atoms with E-state index in [0.717, 1.165) is 25.9 Å². The molecule has 1 fully saturated rings. The van der Waals surface area contributed by atoms with Crippen LogP contribution in [0.5, 0.6) is 0 Å². The van der Waals surface area contributed by atoms with E-state index in [2.05, 4.69) is 19.9 Å². The molecule has 1 aliphatic heterocycles. The van der Waals surface area contributed by atoms with Gasteiger partial charge in [-0.25, -0.2) is 15.0 Å². The molecule has 0 radical (unpaired) electrons. The van der Waals surface area contributed by atoms with Crippen LogP contribution in [0.15, 0.2) is 52.3 Å². The number of nitrogens with zero attached hydrogens (tertiary/aromatic N) is 6. The second-order valence-corrected chi connectivity index (χ2v) is 10.4. The van der Waals surface area contributed by atoms with Crippen molar-refractivity contribution in [3.05, 3.63) is 57.9 Å². The predicted octanol–water partition coefficient (Wildman–Crippen LogP) is 3.54. The molecule has 5 aromatic rings. The second kappa shape index (κ2) is 8.32. The number of anilines is 1. The summed E-state index contributed by atoms with van der Waals surface area (Å²) in [6.07, 6.45) is 3.26. The quantitative estimate of drug-likeness (QED) is 0.380. The Morgan fingerprint density at radius 1 is 1.03 bits per heavy atom. The molecule has 11 heteroatoms. The van der Waals surface area contributed by atoms with E-state index in [1.165, 1.54) is 22.2 Å². The van der Waals surface area contributed by atoms with Crippen LogP contribution < -0.4 is 10.5 Å². The molecular weight excluding hydrogens is 476 g/mol. The zero-order valence-electron chi connectivity index (χ0n) is 17.4. The van der Waals surface area contributed by atoms with Gasteiger partial charge in [0.25, 0.3) is 5.56 Å². The number of thiazole rings is 1. The lowest BCUT2D eigenvalue weighted by Crippen LogP contribution is -2.50. The Kier molecular flexibility index (Phi) is 5.16. The number of fused-ring (bicyclic) bond motifs is 2. The third-order valence-electron chi connectivity index (χ3n) is 5.71. The van der Waals surface area contributed by atoms with Crippen molar-refractivity contribution >= 4 is 65.6 Å². The summed E-state index contributed by atoms with van der Waals surface area (Å²) in [7, 11) is 0. The number of amides is 1. The number of hydrogen-bond donors (Lipinski definition) is 0. The molecule has 1 aliphatic rings. The first-order valence-corrected chi connectivity index (χ1v) is 13.0. The van der Waals surface area contributed by atoms with Crippen LogP contribution in [0.1, 0.15) is 0 Å². The number of thiophene rings is 2. The number of aromatic nitrogens is 4. The number of piperazine rings is 1. The lowest BCUT2D eigenvalue weighted by molar-refractivity contribution is -0.132. The minimum atomic E-state index is -0.168. The molecule has 6 rings (SSSR count). The van der Waals surface area contributed by atoms with Crippen molar-refractivity contribution in [3.63, 3.8) is 0 Å². The standard InChI is InChI=1S/C22H18N6O2S3/c29-17(26-6-8-27(9-7-26)22-25-15-3-1-5-23-19(15)33-22)11-28-13-24-20-18(21(28)30)14(12-32-20)16-4-2-10-31-16/h1-5,10,12-13H,6-9,11H2. The van der Waals surface area contributed by atoms with Gasteiger partial charge in [0.15, 0.2) is 5.13 Å². The van der Waals surface area contributed by atoms with E-state index in [1.807, 2.05) is 39.9 Å². The Morgan fingerprint density at radius 3 is 2.70 bits per heavy atom. The fourth-order valence-electron chi connectivity index (χ4n) is 3.98. The van der Waals surface area contributed by atoms with Gasteiger partial charge in [0, 0.05) is 48.2 Å². The van der Waals surface area contributed by atoms with Gasteiger partial charge in [0.05, 0.1) is 11.7 Å². The summed E-state index contributed by atoms with van der Waals surface area (Å²) in [4.78, 5) is 46.3. The molecule has 8 nitrogen and oxygen atoms in total. The molecule has 1 saturated heterocycles. The summed E-state index contributed by atoms with van der Waals surface area (Å²) >= 11 is 4.61. The van der Waals surface area contributed by atoms with Crippen LogP contribution in [-0.4, -0.2) is 56.5 Å². The number of rotatable bonds is 4. The summed E-state index contributed by atoms with van der Waals surface area (Å²) in [6.45, 7) is 2.57. The first-order valence-electron chi connectivity index (χ1n) is 10.4. The average Bonchev–Trinajstić information content (AvgIpc) is 3.60. The fourth-order valence-corrected chi connectivity index (χ4v) is 6.66. The maximum Gasteiger partial charge on any atom is 0.263 e. The highest BCUT2D eigenvalue weighted by Gasteiger charge is 2.24. The largest absolute Gasteiger partial charge is 0.344 e. The smallest absolute Gasteiger partial charge is 0.263 e. The molecule has 6 heterocycles. The van der Waals surface area contributed by atoms with Crippen LogP contribution in [0.3, 0.4) is 0 Å². The van der Waals surface area contributed by atoms with Crippen molar-refractivity contribution < 1.29 is 4.79 Å². The molecule has 0 spiro atoms. The lowest BCUT2D eigenvalue weighted by Gasteiger charge is -2.34. The van der Waals surface area contributed by atoms with Crippen LogP contribution in [0, 0.1) is 0 Å². The van der Waals surface area contributed by atoms with Crippen LogP contribution in [0.4, 0.5) is 5.13 Å². The van der Waals surface area contributed by atoms with Gasteiger partial charge in [-0.2, -0.15) is 0 Å². The number of carbonyl (C=O) groups excluding carboxylic acids is 1. The Labute approximate surface area is 200 Å². The topological polar surface area (TPSA) is 84.2 Å². The van der Waals surface area contributed by atoms with Crippen molar-refractivity contribution in [2.45, 2.75) is 6.54 Å². The monoisotopic (exact) mass is 494 g/mol. The summed E-state index contributed by atoms with van der Waals surface area (Å²) in [5.74, 6) is -0.0724. The van der Waals surface area contributed by atoms with Gasteiger partial charge < -0.3 is 9.80 Å². The Balaban J connectivity index is 1.17. The molecule has 0 N–H and O–H groups in total. The zero-order chi connectivity index (χ0) is 22.4. The van der Waals surface area contributed by atoms with E-state index in [-0.39, 0.29) is 18.0 Å². The van der Waals surface area contributed by atoms with Crippen LogP contribution in [0.25, 0.3) is 31.0 Å². The van der Waals surface area contributed by atoms with Gasteiger partial charge in [-0.3, -0.25) is 14.2 Å². The van der Waals surface area contributed by atoms with Gasteiger partial charge in [0.2, 0.25) is 5.91 Å². The molecule has 0 bridgehead atoms. The molecule has 1 amide bonds. The highest BCUT2D eigenvalue weighted by Crippen LogP contribution is 2.33. The summed E-state index contributed by atoms with van der Waals surface area (Å²) in [5, 5.41) is 5.47. The second-order valence-electron chi connectivity index (χ2n) is 7.68. The molecule has 5 aromatic heterocycles. The number of carbonyl (C=O) groups is 1. The SMILES string of the molecule is O=C(Cn1cnc2scc(-c3cccs3)c2c1=O)N1CCN(c2nc3cccnc3s2)CC1. The Bertz CT molecular complexity index is 1480. The Morgan fingerprint density at radius 2 is 1.91 bits per heavy atom. The van der Waals surface area contributed by atoms with E-state index >= 15 is 0 Å². The van der Waals surface area contributed by atoms with Gasteiger partial charge in [-0.05, 0) is 23.6 Å². The Hall–Kier alpha value is -3.15. The van der Waals surface area contributed by atoms with Crippen molar-refractivity contribution in [2.24, 2.45) is 0 Å². The number of hydrogen-bond acceptors (Lipinski definition) is 9. The summed E-state index contributed by atoms with van der Waals surface area (Å²) < 4.78 is 1.43. The molecule has 0 aliphatic carbocycles. The molecule has 33 heavy (non-hydrogen) atoms. The molecule has 0 unspecified atom stereocenters. The van der Waals surface area contributed by atoms with E-state index < -0.39 is 0 Å². The maximum atomic E-state index is 13.2. The minimum absolute atomic E-state index is 0.00738. The van der Waals surface area contributed by atoms with Crippen LogP contribution >= 0.6 is 34.0 Å². The summed E-state index contributed by atoms with van der Waals surface area (Å²) in [6, 6.07) is 7.81. The first-order chi connectivity index (χ1) is 16.2. The van der Waals surface area contributed by atoms with E-state index in [9.17, 15) is 9.59 Å². The van der Waals surface area contributed by atoms with E-state index in [4.69, 9.17) is 0 Å². The average molecular weight is 495 g/mol. The molecule has 0 saturated carbocycles. The van der Waals surface area contributed by atoms with Gasteiger partial charge >= 0.3 is 0 Å². The fraction of sp³-hybridized carbons (Fsp3) is 0.227. The summed E-state index contributed by atoms with van der Waals surface area (Å²) in [5.41, 5.74) is 1.62. The van der Waals surface area contributed by atoms with Gasteiger partial charge in [0.1, 0.15) is 21.7 Å². The van der Waals surface area contributed by atoms with E-state index in [1.54, 1.807) is 28.9 Å². The third-order valence-corrected chi connectivity index (χ3v) is 8.54. The van der Waals surface area contributed by atoms with Crippen molar-refractivity contribution in [3.8, 4) is 10.4 Å². The van der Waals surface area contributed by atoms with Crippen molar-refractivity contribution in [1.29, 1.82) is 0 Å². The number of pyridine rings is 1. The molecular formula is C22H18N6O2S3. The van der Waals surface area contributed by atoms with Gasteiger partial charge in [-0.15, -0.1) is 22.7 Å². The first kappa shape index (κ1) is 20.5. The molecule has 166 valence electrons. The highest BCUT2D eigenvalue weighted by molar-refractivity contribution is 7.21. The predicted molar refractivity (Wildman–Crippen MR) is 133 cm³/mol. The maximum absolute atomic E-state index is 13.2.